The zero-order valence-electron chi connectivity index (χ0n) is 12.6. The van der Waals surface area contributed by atoms with Crippen molar-refractivity contribution in [2.75, 3.05) is 26.2 Å². The minimum absolute atomic E-state index is 0.0163. The van der Waals surface area contributed by atoms with Crippen LogP contribution < -0.4 is 5.32 Å². The van der Waals surface area contributed by atoms with Crippen LogP contribution in [0.25, 0.3) is 0 Å². The summed E-state index contributed by atoms with van der Waals surface area (Å²) in [7, 11) is 0. The van der Waals surface area contributed by atoms with Crippen molar-refractivity contribution < 1.29 is 19.8 Å². The molecule has 0 aromatic carbocycles. The lowest BCUT2D eigenvalue weighted by Gasteiger charge is -2.39. The first-order valence-electron chi connectivity index (χ1n) is 7.12. The Bertz CT molecular complexity index is 352. The maximum Gasteiger partial charge on any atom is 0.308 e. The highest BCUT2D eigenvalue weighted by Crippen LogP contribution is 2.24. The van der Waals surface area contributed by atoms with Crippen molar-refractivity contribution in [1.82, 2.24) is 10.2 Å². The fourth-order valence-corrected chi connectivity index (χ4v) is 2.45. The predicted octanol–water partition coefficient (Wildman–Crippen LogP) is 0.306. The van der Waals surface area contributed by atoms with Gasteiger partial charge in [0.2, 0.25) is 5.91 Å². The Hall–Kier alpha value is -1.14. The monoisotopic (exact) mass is 286 g/mol. The van der Waals surface area contributed by atoms with E-state index < -0.39 is 17.3 Å². The van der Waals surface area contributed by atoms with E-state index in [0.717, 1.165) is 0 Å². The van der Waals surface area contributed by atoms with Crippen molar-refractivity contribution in [2.24, 2.45) is 11.3 Å². The summed E-state index contributed by atoms with van der Waals surface area (Å²) in [5.41, 5.74) is -0.504. The SMILES string of the molecule is CC(C)(C)C(=O)N1CC(NCCCO)CC(C(=O)O)C1. The molecule has 0 radical (unpaired) electrons. The fraction of sp³-hybridized carbons (Fsp3) is 0.857. The average Bonchev–Trinajstić information content (AvgIpc) is 2.36. The van der Waals surface area contributed by atoms with Crippen LogP contribution in [0.15, 0.2) is 0 Å². The van der Waals surface area contributed by atoms with Gasteiger partial charge < -0.3 is 20.4 Å². The van der Waals surface area contributed by atoms with E-state index in [0.29, 0.717) is 25.9 Å². The molecule has 0 aliphatic carbocycles. The first-order chi connectivity index (χ1) is 9.25. The second kappa shape index (κ2) is 7.04. The first kappa shape index (κ1) is 16.9. The number of hydrogen-bond donors (Lipinski definition) is 3. The molecule has 3 N–H and O–H groups in total. The average molecular weight is 286 g/mol. The molecule has 0 aromatic heterocycles. The standard InChI is InChI=1S/C14H26N2O4/c1-14(2,3)13(20)16-8-10(12(18)19)7-11(9-16)15-5-4-6-17/h10-11,15,17H,4-9H2,1-3H3,(H,18,19). The maximum atomic E-state index is 12.3. The van der Waals surface area contributed by atoms with Gasteiger partial charge in [-0.05, 0) is 19.4 Å². The molecular weight excluding hydrogens is 260 g/mol. The Balaban J connectivity index is 2.70. The van der Waals surface area contributed by atoms with E-state index in [-0.39, 0.29) is 25.1 Å². The first-order valence-corrected chi connectivity index (χ1v) is 7.12. The van der Waals surface area contributed by atoms with Crippen LogP contribution in [-0.2, 0) is 9.59 Å². The van der Waals surface area contributed by atoms with Crippen molar-refractivity contribution in [3.05, 3.63) is 0 Å². The number of carboxylic acids is 1. The number of likely N-dealkylation sites (tertiary alicyclic amines) is 1. The van der Waals surface area contributed by atoms with E-state index in [1.807, 2.05) is 20.8 Å². The van der Waals surface area contributed by atoms with Gasteiger partial charge >= 0.3 is 5.97 Å². The molecule has 1 amide bonds. The van der Waals surface area contributed by atoms with Gasteiger partial charge in [0.15, 0.2) is 0 Å². The second-order valence-electron chi connectivity index (χ2n) is 6.46. The molecule has 2 atom stereocenters. The number of nitrogens with zero attached hydrogens (tertiary/aromatic N) is 1. The Morgan fingerprint density at radius 1 is 1.30 bits per heavy atom. The summed E-state index contributed by atoms with van der Waals surface area (Å²) >= 11 is 0. The van der Waals surface area contributed by atoms with Crippen LogP contribution in [0.5, 0.6) is 0 Å². The summed E-state index contributed by atoms with van der Waals surface area (Å²) in [5.74, 6) is -1.40. The fourth-order valence-electron chi connectivity index (χ4n) is 2.45. The van der Waals surface area contributed by atoms with Gasteiger partial charge in [0.05, 0.1) is 5.92 Å². The smallest absolute Gasteiger partial charge is 0.308 e. The van der Waals surface area contributed by atoms with E-state index in [4.69, 9.17) is 5.11 Å². The molecule has 6 heteroatoms. The van der Waals surface area contributed by atoms with Crippen LogP contribution in [0.4, 0.5) is 0 Å². The third-order valence-electron chi connectivity index (χ3n) is 3.50. The summed E-state index contributed by atoms with van der Waals surface area (Å²) < 4.78 is 0. The molecule has 1 heterocycles. The summed E-state index contributed by atoms with van der Waals surface area (Å²) in [5, 5.41) is 21.2. The van der Waals surface area contributed by atoms with Crippen LogP contribution in [0.3, 0.4) is 0 Å². The van der Waals surface area contributed by atoms with E-state index in [1.165, 1.54) is 0 Å². The molecule has 0 saturated carbocycles. The third kappa shape index (κ3) is 4.76. The maximum absolute atomic E-state index is 12.3. The summed E-state index contributed by atoms with van der Waals surface area (Å²) in [4.78, 5) is 25.2. The number of rotatable bonds is 5. The van der Waals surface area contributed by atoms with Crippen LogP contribution in [0.1, 0.15) is 33.6 Å². The van der Waals surface area contributed by atoms with Gasteiger partial charge in [-0.3, -0.25) is 9.59 Å². The van der Waals surface area contributed by atoms with Crippen LogP contribution in [0.2, 0.25) is 0 Å². The Morgan fingerprint density at radius 2 is 1.95 bits per heavy atom. The molecular formula is C14H26N2O4. The number of carbonyl (C=O) groups excluding carboxylic acids is 1. The number of aliphatic hydroxyl groups is 1. The van der Waals surface area contributed by atoms with Crippen LogP contribution >= 0.6 is 0 Å². The summed E-state index contributed by atoms with van der Waals surface area (Å²) in [6.45, 7) is 7.07. The van der Waals surface area contributed by atoms with Gasteiger partial charge in [0, 0.05) is 31.2 Å². The van der Waals surface area contributed by atoms with Gasteiger partial charge in [0.25, 0.3) is 0 Å². The minimum Gasteiger partial charge on any atom is -0.481 e. The highest BCUT2D eigenvalue weighted by molar-refractivity contribution is 5.82. The predicted molar refractivity (Wildman–Crippen MR) is 75.3 cm³/mol. The van der Waals surface area contributed by atoms with Crippen molar-refractivity contribution in [2.45, 2.75) is 39.7 Å². The highest BCUT2D eigenvalue weighted by atomic mass is 16.4. The van der Waals surface area contributed by atoms with Gasteiger partial charge in [-0.1, -0.05) is 20.8 Å². The van der Waals surface area contributed by atoms with E-state index in [1.54, 1.807) is 4.90 Å². The molecule has 2 unspecified atom stereocenters. The Morgan fingerprint density at radius 3 is 2.45 bits per heavy atom. The Labute approximate surface area is 120 Å². The molecule has 6 nitrogen and oxygen atoms in total. The lowest BCUT2D eigenvalue weighted by molar-refractivity contribution is -0.149. The molecule has 1 aliphatic heterocycles. The quantitative estimate of drug-likeness (QED) is 0.633. The van der Waals surface area contributed by atoms with Gasteiger partial charge in [-0.2, -0.15) is 0 Å². The zero-order valence-corrected chi connectivity index (χ0v) is 12.6. The third-order valence-corrected chi connectivity index (χ3v) is 3.50. The molecule has 1 saturated heterocycles. The molecule has 1 rings (SSSR count). The highest BCUT2D eigenvalue weighted by Gasteiger charge is 2.36. The summed E-state index contributed by atoms with van der Waals surface area (Å²) in [6, 6.07) is -0.0253. The van der Waals surface area contributed by atoms with E-state index in [9.17, 15) is 14.7 Å². The summed E-state index contributed by atoms with van der Waals surface area (Å²) in [6.07, 6.45) is 1.15. The number of carboxylic acid groups (broad SMARTS) is 1. The van der Waals surface area contributed by atoms with E-state index in [2.05, 4.69) is 5.32 Å². The number of aliphatic carboxylic acids is 1. The Kier molecular flexibility index (Phi) is 5.95. The van der Waals surface area contributed by atoms with Crippen LogP contribution in [0, 0.1) is 11.3 Å². The van der Waals surface area contributed by atoms with Gasteiger partial charge in [-0.25, -0.2) is 0 Å². The number of nitrogens with one attached hydrogen (secondary N) is 1. The number of hydrogen-bond acceptors (Lipinski definition) is 4. The number of amides is 1. The van der Waals surface area contributed by atoms with Crippen molar-refractivity contribution in [3.8, 4) is 0 Å². The van der Waals surface area contributed by atoms with Crippen molar-refractivity contribution >= 4 is 11.9 Å². The molecule has 20 heavy (non-hydrogen) atoms. The molecule has 1 fully saturated rings. The largest absolute Gasteiger partial charge is 0.481 e. The molecule has 1 aliphatic rings. The lowest BCUT2D eigenvalue weighted by atomic mass is 9.89. The van der Waals surface area contributed by atoms with E-state index >= 15 is 0 Å². The second-order valence-corrected chi connectivity index (χ2v) is 6.46. The zero-order chi connectivity index (χ0) is 15.3. The molecule has 116 valence electrons. The minimum atomic E-state index is -0.856. The van der Waals surface area contributed by atoms with Gasteiger partial charge in [0.1, 0.15) is 0 Å². The van der Waals surface area contributed by atoms with Crippen molar-refractivity contribution in [1.29, 1.82) is 0 Å². The van der Waals surface area contributed by atoms with Gasteiger partial charge in [-0.15, -0.1) is 0 Å². The number of carbonyl (C=O) groups is 2. The van der Waals surface area contributed by atoms with Crippen molar-refractivity contribution in [3.63, 3.8) is 0 Å². The molecule has 0 spiro atoms. The topological polar surface area (TPSA) is 89.9 Å². The van der Waals surface area contributed by atoms with Crippen LogP contribution in [-0.4, -0.2) is 59.3 Å². The lowest BCUT2D eigenvalue weighted by Crippen LogP contribution is -2.55. The molecule has 0 aromatic rings. The molecule has 0 bridgehead atoms. The number of piperidine rings is 1. The number of aliphatic hydroxyl groups excluding tert-OH is 1. The normalized spacial score (nSPS) is 23.7.